The van der Waals surface area contributed by atoms with Crippen LogP contribution in [0, 0.1) is 17.2 Å². The quantitative estimate of drug-likeness (QED) is 0.896. The van der Waals surface area contributed by atoms with Crippen LogP contribution in [0.2, 0.25) is 0 Å². The smallest absolute Gasteiger partial charge is 0.101 e. The highest BCUT2D eigenvalue weighted by atomic mass is 79.9. The van der Waals surface area contributed by atoms with Crippen LogP contribution in [0.4, 0.5) is 5.69 Å². The Morgan fingerprint density at radius 1 is 1.50 bits per heavy atom. The van der Waals surface area contributed by atoms with E-state index in [1.807, 2.05) is 18.2 Å². The predicted molar refractivity (Wildman–Crippen MR) is 62.2 cm³/mol. The molecular weight excluding hydrogens is 240 g/mol. The van der Waals surface area contributed by atoms with E-state index in [4.69, 9.17) is 5.26 Å². The van der Waals surface area contributed by atoms with Crippen LogP contribution in [0.25, 0.3) is 0 Å². The molecule has 0 spiro atoms. The summed E-state index contributed by atoms with van der Waals surface area (Å²) in [7, 11) is 0. The normalized spacial score (nSPS) is 9.93. The van der Waals surface area contributed by atoms with Crippen LogP contribution >= 0.6 is 15.9 Å². The van der Waals surface area contributed by atoms with E-state index >= 15 is 0 Å². The zero-order chi connectivity index (χ0) is 10.6. The maximum absolute atomic E-state index is 8.90. The molecule has 3 heteroatoms. The SMILES string of the molecule is CC(C)CNc1ccc(Br)cc1C#N. The first-order chi connectivity index (χ1) is 6.63. The van der Waals surface area contributed by atoms with Crippen molar-refractivity contribution >= 4 is 21.6 Å². The number of hydrogen-bond donors (Lipinski definition) is 1. The van der Waals surface area contributed by atoms with Crippen molar-refractivity contribution in [2.45, 2.75) is 13.8 Å². The zero-order valence-electron chi connectivity index (χ0n) is 8.34. The summed E-state index contributed by atoms with van der Waals surface area (Å²) in [5, 5.41) is 12.1. The fourth-order valence-electron chi connectivity index (χ4n) is 1.08. The minimum Gasteiger partial charge on any atom is -0.384 e. The first kappa shape index (κ1) is 11.1. The van der Waals surface area contributed by atoms with E-state index < -0.39 is 0 Å². The van der Waals surface area contributed by atoms with Crippen LogP contribution in [0.1, 0.15) is 19.4 Å². The molecule has 0 saturated carbocycles. The maximum atomic E-state index is 8.90. The lowest BCUT2D eigenvalue weighted by molar-refractivity contribution is 0.689. The number of halogens is 1. The van der Waals surface area contributed by atoms with Gasteiger partial charge in [0.05, 0.1) is 11.3 Å². The van der Waals surface area contributed by atoms with Gasteiger partial charge in [-0.3, -0.25) is 0 Å². The summed E-state index contributed by atoms with van der Waals surface area (Å²) in [6.45, 7) is 5.16. The van der Waals surface area contributed by atoms with E-state index in [1.54, 1.807) is 0 Å². The number of nitrogens with zero attached hydrogens (tertiary/aromatic N) is 1. The number of nitriles is 1. The van der Waals surface area contributed by atoms with E-state index in [2.05, 4.69) is 41.2 Å². The zero-order valence-corrected chi connectivity index (χ0v) is 9.93. The third-order valence-corrected chi connectivity index (χ3v) is 2.30. The maximum Gasteiger partial charge on any atom is 0.101 e. The standard InChI is InChI=1S/C11H13BrN2/c1-8(2)7-14-11-4-3-10(12)5-9(11)6-13/h3-5,8,14H,7H2,1-2H3. The summed E-state index contributed by atoms with van der Waals surface area (Å²) >= 11 is 3.34. The Hall–Kier alpha value is -1.01. The van der Waals surface area contributed by atoms with Crippen molar-refractivity contribution in [3.63, 3.8) is 0 Å². The molecule has 0 aliphatic carbocycles. The van der Waals surface area contributed by atoms with Crippen molar-refractivity contribution in [1.82, 2.24) is 0 Å². The molecule has 0 unspecified atom stereocenters. The topological polar surface area (TPSA) is 35.8 Å². The monoisotopic (exact) mass is 252 g/mol. The molecule has 74 valence electrons. The van der Waals surface area contributed by atoms with Crippen molar-refractivity contribution in [3.8, 4) is 6.07 Å². The lowest BCUT2D eigenvalue weighted by Gasteiger charge is -2.10. The van der Waals surface area contributed by atoms with E-state index in [0.717, 1.165) is 16.7 Å². The van der Waals surface area contributed by atoms with Gasteiger partial charge in [-0.1, -0.05) is 29.8 Å². The molecule has 1 aromatic carbocycles. The summed E-state index contributed by atoms with van der Waals surface area (Å²) in [4.78, 5) is 0. The Morgan fingerprint density at radius 3 is 2.79 bits per heavy atom. The molecule has 0 bridgehead atoms. The van der Waals surface area contributed by atoms with Gasteiger partial charge in [0.15, 0.2) is 0 Å². The van der Waals surface area contributed by atoms with Gasteiger partial charge >= 0.3 is 0 Å². The first-order valence-corrected chi connectivity index (χ1v) is 5.36. The van der Waals surface area contributed by atoms with Crippen LogP contribution < -0.4 is 5.32 Å². The number of hydrogen-bond acceptors (Lipinski definition) is 2. The van der Waals surface area contributed by atoms with Gasteiger partial charge in [-0.25, -0.2) is 0 Å². The highest BCUT2D eigenvalue weighted by Crippen LogP contribution is 2.20. The number of anilines is 1. The largest absolute Gasteiger partial charge is 0.384 e. The molecule has 0 fully saturated rings. The van der Waals surface area contributed by atoms with E-state index in [9.17, 15) is 0 Å². The molecular formula is C11H13BrN2. The Bertz CT molecular complexity index is 353. The third kappa shape index (κ3) is 3.04. The molecule has 0 heterocycles. The van der Waals surface area contributed by atoms with Crippen LogP contribution in [-0.2, 0) is 0 Å². The summed E-state index contributed by atoms with van der Waals surface area (Å²) in [6, 6.07) is 7.85. The van der Waals surface area contributed by atoms with Crippen molar-refractivity contribution < 1.29 is 0 Å². The Balaban J connectivity index is 2.82. The second-order valence-electron chi connectivity index (χ2n) is 3.58. The first-order valence-electron chi connectivity index (χ1n) is 4.57. The van der Waals surface area contributed by atoms with Crippen molar-refractivity contribution in [3.05, 3.63) is 28.2 Å². The molecule has 0 atom stereocenters. The summed E-state index contributed by atoms with van der Waals surface area (Å²) in [6.07, 6.45) is 0. The summed E-state index contributed by atoms with van der Waals surface area (Å²) in [5.74, 6) is 0.574. The van der Waals surface area contributed by atoms with Gasteiger partial charge in [-0.05, 0) is 24.1 Å². The molecule has 0 amide bonds. The Morgan fingerprint density at radius 2 is 2.21 bits per heavy atom. The summed E-state index contributed by atoms with van der Waals surface area (Å²) in [5.41, 5.74) is 1.59. The Kier molecular flexibility index (Phi) is 3.97. The van der Waals surface area contributed by atoms with Crippen molar-refractivity contribution in [1.29, 1.82) is 5.26 Å². The molecule has 0 aliphatic heterocycles. The van der Waals surface area contributed by atoms with Crippen LogP contribution in [-0.4, -0.2) is 6.54 Å². The molecule has 0 radical (unpaired) electrons. The van der Waals surface area contributed by atoms with Gasteiger partial charge in [0, 0.05) is 11.0 Å². The molecule has 0 saturated heterocycles. The molecule has 0 aliphatic rings. The fraction of sp³-hybridized carbons (Fsp3) is 0.364. The molecule has 1 rings (SSSR count). The summed E-state index contributed by atoms with van der Waals surface area (Å²) < 4.78 is 0.934. The number of benzene rings is 1. The molecule has 14 heavy (non-hydrogen) atoms. The van der Waals surface area contributed by atoms with Gasteiger partial charge in [0.2, 0.25) is 0 Å². The van der Waals surface area contributed by atoms with E-state index in [0.29, 0.717) is 11.5 Å². The lowest BCUT2D eigenvalue weighted by atomic mass is 10.1. The molecule has 1 N–H and O–H groups in total. The highest BCUT2D eigenvalue weighted by molar-refractivity contribution is 9.10. The second-order valence-corrected chi connectivity index (χ2v) is 4.49. The molecule has 2 nitrogen and oxygen atoms in total. The number of rotatable bonds is 3. The van der Waals surface area contributed by atoms with Crippen LogP contribution in [0.3, 0.4) is 0 Å². The van der Waals surface area contributed by atoms with Gasteiger partial charge in [-0.15, -0.1) is 0 Å². The fourth-order valence-corrected chi connectivity index (χ4v) is 1.44. The number of nitrogens with one attached hydrogen (secondary N) is 1. The van der Waals surface area contributed by atoms with Crippen molar-refractivity contribution in [2.75, 3.05) is 11.9 Å². The van der Waals surface area contributed by atoms with Gasteiger partial charge in [0.1, 0.15) is 6.07 Å². The van der Waals surface area contributed by atoms with Gasteiger partial charge in [0.25, 0.3) is 0 Å². The Labute approximate surface area is 93.1 Å². The van der Waals surface area contributed by atoms with Crippen LogP contribution in [0.5, 0.6) is 0 Å². The molecule has 1 aromatic rings. The molecule has 0 aromatic heterocycles. The van der Waals surface area contributed by atoms with Gasteiger partial charge < -0.3 is 5.32 Å². The average Bonchev–Trinajstić information content (AvgIpc) is 2.15. The highest BCUT2D eigenvalue weighted by Gasteiger charge is 2.02. The lowest BCUT2D eigenvalue weighted by Crippen LogP contribution is -2.08. The minimum atomic E-state index is 0.574. The second kappa shape index (κ2) is 5.02. The average molecular weight is 253 g/mol. The predicted octanol–water partition coefficient (Wildman–Crippen LogP) is 3.39. The third-order valence-electron chi connectivity index (χ3n) is 1.80. The van der Waals surface area contributed by atoms with Crippen LogP contribution in [0.15, 0.2) is 22.7 Å². The van der Waals surface area contributed by atoms with E-state index in [1.165, 1.54) is 0 Å². The minimum absolute atomic E-state index is 0.574. The van der Waals surface area contributed by atoms with Gasteiger partial charge in [-0.2, -0.15) is 5.26 Å². The van der Waals surface area contributed by atoms with E-state index in [-0.39, 0.29) is 0 Å². The van der Waals surface area contributed by atoms with Crippen molar-refractivity contribution in [2.24, 2.45) is 5.92 Å².